The summed E-state index contributed by atoms with van der Waals surface area (Å²) in [5, 5.41) is 6.09. The first kappa shape index (κ1) is 16.1. The van der Waals surface area contributed by atoms with E-state index in [2.05, 4.69) is 26.6 Å². The Bertz CT molecular complexity index is 437. The lowest BCUT2D eigenvalue weighted by Crippen LogP contribution is -2.33. The fraction of sp³-hybridized carbons (Fsp3) is 0.500. The Balaban J connectivity index is 2.43. The van der Waals surface area contributed by atoms with Gasteiger partial charge in [-0.2, -0.15) is 0 Å². The van der Waals surface area contributed by atoms with Crippen molar-refractivity contribution in [1.29, 1.82) is 0 Å². The van der Waals surface area contributed by atoms with Crippen LogP contribution in [0.1, 0.15) is 38.8 Å². The molecule has 0 heterocycles. The van der Waals surface area contributed by atoms with Crippen molar-refractivity contribution in [3.63, 3.8) is 0 Å². The molecular weight excluding hydrogens is 311 g/mol. The van der Waals surface area contributed by atoms with E-state index in [9.17, 15) is 9.18 Å². The number of amides is 1. The molecule has 5 heteroatoms. The van der Waals surface area contributed by atoms with E-state index >= 15 is 0 Å². The van der Waals surface area contributed by atoms with Gasteiger partial charge in [-0.05, 0) is 38.5 Å². The molecule has 1 rings (SSSR count). The van der Waals surface area contributed by atoms with E-state index < -0.39 is 0 Å². The van der Waals surface area contributed by atoms with Crippen LogP contribution in [0, 0.1) is 5.82 Å². The standard InChI is InChI=1S/C14H20BrFN2O/c1-9(2)18-14(19)6-7-17-10(3)12-5-4-11(16)8-13(12)15/h4-5,8-10,17H,6-7H2,1-3H3,(H,18,19). The van der Waals surface area contributed by atoms with Crippen LogP contribution >= 0.6 is 15.9 Å². The van der Waals surface area contributed by atoms with E-state index in [4.69, 9.17) is 0 Å². The average molecular weight is 331 g/mol. The molecule has 0 aliphatic carbocycles. The highest BCUT2D eigenvalue weighted by Gasteiger charge is 2.10. The minimum atomic E-state index is -0.265. The zero-order valence-electron chi connectivity index (χ0n) is 11.5. The van der Waals surface area contributed by atoms with E-state index in [0.717, 1.165) is 10.0 Å². The highest BCUT2D eigenvalue weighted by Crippen LogP contribution is 2.23. The molecule has 1 amide bonds. The lowest BCUT2D eigenvalue weighted by atomic mass is 10.1. The first-order valence-electron chi connectivity index (χ1n) is 6.38. The quantitative estimate of drug-likeness (QED) is 0.841. The number of hydrogen-bond acceptors (Lipinski definition) is 2. The Hall–Kier alpha value is -0.940. The summed E-state index contributed by atoms with van der Waals surface area (Å²) in [4.78, 5) is 11.5. The molecule has 1 aromatic carbocycles. The number of carbonyl (C=O) groups is 1. The molecule has 0 fully saturated rings. The minimum absolute atomic E-state index is 0.0351. The summed E-state index contributed by atoms with van der Waals surface area (Å²) in [6.45, 7) is 6.44. The summed E-state index contributed by atoms with van der Waals surface area (Å²) in [6.07, 6.45) is 0.432. The summed E-state index contributed by atoms with van der Waals surface area (Å²) in [5.41, 5.74) is 0.977. The van der Waals surface area contributed by atoms with Crippen LogP contribution in [0.25, 0.3) is 0 Å². The minimum Gasteiger partial charge on any atom is -0.354 e. The maximum Gasteiger partial charge on any atom is 0.221 e. The molecule has 2 N–H and O–H groups in total. The van der Waals surface area contributed by atoms with Crippen molar-refractivity contribution in [2.24, 2.45) is 0 Å². The normalized spacial score (nSPS) is 12.5. The third-order valence-corrected chi connectivity index (χ3v) is 3.37. The van der Waals surface area contributed by atoms with Gasteiger partial charge in [0.05, 0.1) is 0 Å². The van der Waals surface area contributed by atoms with E-state index in [-0.39, 0.29) is 23.8 Å². The topological polar surface area (TPSA) is 41.1 Å². The summed E-state index contributed by atoms with van der Waals surface area (Å²) in [7, 11) is 0. The van der Waals surface area contributed by atoms with Gasteiger partial charge in [0.2, 0.25) is 5.91 Å². The van der Waals surface area contributed by atoms with Crippen molar-refractivity contribution in [3.05, 3.63) is 34.1 Å². The van der Waals surface area contributed by atoms with Crippen LogP contribution in [-0.4, -0.2) is 18.5 Å². The SMILES string of the molecule is CC(C)NC(=O)CCNC(C)c1ccc(F)cc1Br. The second kappa shape index (κ2) is 7.60. The number of halogens is 2. The molecule has 0 saturated heterocycles. The van der Waals surface area contributed by atoms with E-state index in [1.165, 1.54) is 12.1 Å². The second-order valence-corrected chi connectivity index (χ2v) is 5.67. The van der Waals surface area contributed by atoms with Crippen molar-refractivity contribution in [1.82, 2.24) is 10.6 Å². The molecule has 0 spiro atoms. The van der Waals surface area contributed by atoms with Crippen molar-refractivity contribution in [2.75, 3.05) is 6.54 Å². The molecular formula is C14H20BrFN2O. The van der Waals surface area contributed by atoms with Crippen LogP contribution in [0.5, 0.6) is 0 Å². The van der Waals surface area contributed by atoms with Gasteiger partial charge in [0.15, 0.2) is 0 Å². The third-order valence-electron chi connectivity index (χ3n) is 2.68. The van der Waals surface area contributed by atoms with Crippen molar-refractivity contribution >= 4 is 21.8 Å². The highest BCUT2D eigenvalue weighted by atomic mass is 79.9. The van der Waals surface area contributed by atoms with Crippen LogP contribution in [0.3, 0.4) is 0 Å². The summed E-state index contributed by atoms with van der Waals surface area (Å²) in [6, 6.07) is 4.84. The molecule has 106 valence electrons. The molecule has 1 unspecified atom stereocenters. The van der Waals surface area contributed by atoms with Gasteiger partial charge < -0.3 is 10.6 Å². The van der Waals surface area contributed by atoms with Gasteiger partial charge in [-0.1, -0.05) is 22.0 Å². The predicted octanol–water partition coefficient (Wildman–Crippen LogP) is 3.15. The van der Waals surface area contributed by atoms with Crippen LogP contribution in [0.2, 0.25) is 0 Å². The monoisotopic (exact) mass is 330 g/mol. The zero-order chi connectivity index (χ0) is 14.4. The van der Waals surface area contributed by atoms with Gasteiger partial charge in [0, 0.05) is 29.5 Å². The zero-order valence-corrected chi connectivity index (χ0v) is 13.1. The van der Waals surface area contributed by atoms with Gasteiger partial charge in [0.1, 0.15) is 5.82 Å². The van der Waals surface area contributed by atoms with Crippen LogP contribution in [0.15, 0.2) is 22.7 Å². The first-order valence-corrected chi connectivity index (χ1v) is 7.17. The third kappa shape index (κ3) is 5.70. The number of rotatable bonds is 6. The molecule has 0 saturated carbocycles. The van der Waals surface area contributed by atoms with Crippen LogP contribution in [0.4, 0.5) is 4.39 Å². The highest BCUT2D eigenvalue weighted by molar-refractivity contribution is 9.10. The van der Waals surface area contributed by atoms with E-state index in [0.29, 0.717) is 13.0 Å². The van der Waals surface area contributed by atoms with Gasteiger partial charge in [-0.15, -0.1) is 0 Å². The lowest BCUT2D eigenvalue weighted by molar-refractivity contribution is -0.121. The lowest BCUT2D eigenvalue weighted by Gasteiger charge is -2.16. The van der Waals surface area contributed by atoms with E-state index in [1.54, 1.807) is 6.07 Å². The molecule has 1 aromatic rings. The molecule has 0 radical (unpaired) electrons. The fourth-order valence-corrected chi connectivity index (χ4v) is 2.45. The van der Waals surface area contributed by atoms with Gasteiger partial charge in [-0.3, -0.25) is 4.79 Å². The van der Waals surface area contributed by atoms with Gasteiger partial charge >= 0.3 is 0 Å². The molecule has 0 bridgehead atoms. The number of benzene rings is 1. The molecule has 0 aliphatic heterocycles. The molecule has 19 heavy (non-hydrogen) atoms. The molecule has 1 atom stereocenters. The predicted molar refractivity (Wildman–Crippen MR) is 78.4 cm³/mol. The van der Waals surface area contributed by atoms with Crippen LogP contribution in [-0.2, 0) is 4.79 Å². The van der Waals surface area contributed by atoms with Crippen molar-refractivity contribution < 1.29 is 9.18 Å². The number of carbonyl (C=O) groups excluding carboxylic acids is 1. The largest absolute Gasteiger partial charge is 0.354 e. The maximum absolute atomic E-state index is 13.0. The smallest absolute Gasteiger partial charge is 0.221 e. The fourth-order valence-electron chi connectivity index (χ4n) is 1.76. The molecule has 0 aliphatic rings. The van der Waals surface area contributed by atoms with Crippen molar-refractivity contribution in [2.45, 2.75) is 39.3 Å². The Kier molecular flexibility index (Phi) is 6.45. The second-order valence-electron chi connectivity index (χ2n) is 4.81. The number of nitrogens with one attached hydrogen (secondary N) is 2. The van der Waals surface area contributed by atoms with Crippen molar-refractivity contribution in [3.8, 4) is 0 Å². The average Bonchev–Trinajstić information content (AvgIpc) is 2.27. The maximum atomic E-state index is 13.0. The van der Waals surface area contributed by atoms with E-state index in [1.807, 2.05) is 20.8 Å². The number of hydrogen-bond donors (Lipinski definition) is 2. The first-order chi connectivity index (χ1) is 8.90. The Morgan fingerprint density at radius 3 is 2.63 bits per heavy atom. The Morgan fingerprint density at radius 1 is 1.37 bits per heavy atom. The summed E-state index contributed by atoms with van der Waals surface area (Å²) >= 11 is 3.34. The molecule has 0 aromatic heterocycles. The molecule has 3 nitrogen and oxygen atoms in total. The van der Waals surface area contributed by atoms with Crippen LogP contribution < -0.4 is 10.6 Å². The summed E-state index contributed by atoms with van der Waals surface area (Å²) < 4.78 is 13.7. The summed E-state index contributed by atoms with van der Waals surface area (Å²) in [5.74, 6) is -0.230. The Morgan fingerprint density at radius 2 is 2.05 bits per heavy atom. The van der Waals surface area contributed by atoms with Gasteiger partial charge in [-0.25, -0.2) is 4.39 Å². The van der Waals surface area contributed by atoms with Gasteiger partial charge in [0.25, 0.3) is 0 Å². The Labute approximate surface area is 122 Å².